The van der Waals surface area contributed by atoms with Crippen LogP contribution in [-0.2, 0) is 18.6 Å². The van der Waals surface area contributed by atoms with Gasteiger partial charge in [0.1, 0.15) is 0 Å². The molecule has 1 fully saturated rings. The highest BCUT2D eigenvalue weighted by molar-refractivity contribution is 5.34. The molecule has 2 rings (SSSR count). The van der Waals surface area contributed by atoms with Gasteiger partial charge >= 0.3 is 6.18 Å². The van der Waals surface area contributed by atoms with Crippen LogP contribution >= 0.6 is 0 Å². The first kappa shape index (κ1) is 13.3. The predicted octanol–water partition coefficient (Wildman–Crippen LogP) is 2.06. The van der Waals surface area contributed by atoms with Crippen LogP contribution in [0, 0.1) is 0 Å². The zero-order valence-corrected chi connectivity index (χ0v) is 9.56. The van der Waals surface area contributed by atoms with Gasteiger partial charge in [-0.3, -0.25) is 4.68 Å². The summed E-state index contributed by atoms with van der Waals surface area (Å²) in [6.07, 6.45) is -4.86. The van der Waals surface area contributed by atoms with Crippen molar-refractivity contribution >= 4 is 0 Å². The Morgan fingerprint density at radius 1 is 1.39 bits per heavy atom. The van der Waals surface area contributed by atoms with E-state index in [-0.39, 0.29) is 12.1 Å². The smallest absolute Gasteiger partial charge is 0.330 e. The van der Waals surface area contributed by atoms with E-state index < -0.39 is 36.0 Å². The molecule has 2 N–H and O–H groups in total. The van der Waals surface area contributed by atoms with E-state index in [9.17, 15) is 22.0 Å². The van der Waals surface area contributed by atoms with Crippen LogP contribution in [0.3, 0.4) is 0 Å². The Bertz CT molecular complexity index is 455. The summed E-state index contributed by atoms with van der Waals surface area (Å²) in [5.41, 5.74) is 2.74. The van der Waals surface area contributed by atoms with Crippen molar-refractivity contribution in [2.75, 3.05) is 6.54 Å². The SMILES string of the molecule is Cn1cc(C2(CN)CC(F)(F)C2)c(C(F)(F)F)n1. The summed E-state index contributed by atoms with van der Waals surface area (Å²) in [7, 11) is 1.32. The zero-order valence-electron chi connectivity index (χ0n) is 9.56. The van der Waals surface area contributed by atoms with E-state index >= 15 is 0 Å². The van der Waals surface area contributed by atoms with Crippen LogP contribution in [0.4, 0.5) is 22.0 Å². The molecule has 0 amide bonds. The summed E-state index contributed by atoms with van der Waals surface area (Å²) in [5.74, 6) is -2.95. The molecule has 1 saturated carbocycles. The monoisotopic (exact) mass is 269 g/mol. The number of rotatable bonds is 2. The summed E-state index contributed by atoms with van der Waals surface area (Å²) in [6.45, 7) is -0.253. The molecule has 0 aliphatic heterocycles. The molecular weight excluding hydrogens is 257 g/mol. The largest absolute Gasteiger partial charge is 0.435 e. The third kappa shape index (κ3) is 1.98. The second-order valence-electron chi connectivity index (χ2n) is 4.76. The van der Waals surface area contributed by atoms with Crippen molar-refractivity contribution in [2.45, 2.75) is 30.4 Å². The lowest BCUT2D eigenvalue weighted by molar-refractivity contribution is -0.149. The summed E-state index contributed by atoms with van der Waals surface area (Å²) in [4.78, 5) is 0. The van der Waals surface area contributed by atoms with Gasteiger partial charge in [0.05, 0.1) is 0 Å². The van der Waals surface area contributed by atoms with Crippen molar-refractivity contribution < 1.29 is 22.0 Å². The molecule has 1 heterocycles. The summed E-state index contributed by atoms with van der Waals surface area (Å²) >= 11 is 0. The van der Waals surface area contributed by atoms with E-state index in [2.05, 4.69) is 5.10 Å². The van der Waals surface area contributed by atoms with Gasteiger partial charge in [-0.25, -0.2) is 8.78 Å². The molecule has 0 spiro atoms. The van der Waals surface area contributed by atoms with E-state index in [1.165, 1.54) is 7.05 Å². The summed E-state index contributed by atoms with van der Waals surface area (Å²) in [6, 6.07) is 0. The topological polar surface area (TPSA) is 43.8 Å². The fraction of sp³-hybridized carbons (Fsp3) is 0.700. The minimum Gasteiger partial charge on any atom is -0.330 e. The Labute approximate surface area is 99.8 Å². The highest BCUT2D eigenvalue weighted by Gasteiger charge is 2.59. The number of hydrogen-bond donors (Lipinski definition) is 1. The third-order valence-electron chi connectivity index (χ3n) is 3.25. The molecule has 3 nitrogen and oxygen atoms in total. The molecule has 1 aromatic heterocycles. The van der Waals surface area contributed by atoms with Crippen LogP contribution in [0.15, 0.2) is 6.20 Å². The van der Waals surface area contributed by atoms with E-state index in [0.29, 0.717) is 0 Å². The molecule has 0 aromatic carbocycles. The normalized spacial score (nSPS) is 21.7. The van der Waals surface area contributed by atoms with Crippen LogP contribution in [0.2, 0.25) is 0 Å². The molecule has 18 heavy (non-hydrogen) atoms. The van der Waals surface area contributed by atoms with Crippen LogP contribution in [0.5, 0.6) is 0 Å². The molecule has 0 bridgehead atoms. The number of alkyl halides is 5. The van der Waals surface area contributed by atoms with Gasteiger partial charge in [0, 0.05) is 43.6 Å². The second kappa shape index (κ2) is 3.66. The summed E-state index contributed by atoms with van der Waals surface area (Å²) < 4.78 is 65.3. The van der Waals surface area contributed by atoms with Gasteiger partial charge in [-0.05, 0) is 0 Å². The molecular formula is C10H12F5N3. The number of aryl methyl sites for hydroxylation is 1. The lowest BCUT2D eigenvalue weighted by Gasteiger charge is -2.46. The lowest BCUT2D eigenvalue weighted by Crippen LogP contribution is -2.54. The standard InChI is InChI=1S/C10H12F5N3/c1-18-2-6(7(17-18)10(13,14)15)8(5-16)3-9(11,12)4-8/h2H,3-5,16H2,1H3. The summed E-state index contributed by atoms with van der Waals surface area (Å²) in [5, 5.41) is 3.32. The van der Waals surface area contributed by atoms with Crippen LogP contribution in [0.25, 0.3) is 0 Å². The molecule has 1 aliphatic carbocycles. The fourth-order valence-corrected chi connectivity index (χ4v) is 2.47. The van der Waals surface area contributed by atoms with E-state index in [0.717, 1.165) is 10.9 Å². The van der Waals surface area contributed by atoms with Crippen molar-refractivity contribution in [1.29, 1.82) is 0 Å². The van der Waals surface area contributed by atoms with Gasteiger partial charge in [0.15, 0.2) is 5.69 Å². The maximum absolute atomic E-state index is 13.0. The van der Waals surface area contributed by atoms with Gasteiger partial charge < -0.3 is 5.73 Å². The Balaban J connectivity index is 2.45. The molecule has 8 heteroatoms. The van der Waals surface area contributed by atoms with Crippen LogP contribution in [-0.4, -0.2) is 22.2 Å². The number of halogens is 5. The fourth-order valence-electron chi connectivity index (χ4n) is 2.47. The predicted molar refractivity (Wildman–Crippen MR) is 53.1 cm³/mol. The first-order valence-electron chi connectivity index (χ1n) is 5.29. The number of hydrogen-bond acceptors (Lipinski definition) is 2. The van der Waals surface area contributed by atoms with Gasteiger partial charge in [-0.1, -0.05) is 0 Å². The van der Waals surface area contributed by atoms with Crippen molar-refractivity contribution in [3.05, 3.63) is 17.5 Å². The number of nitrogens with two attached hydrogens (primary N) is 1. The molecule has 1 aliphatic rings. The zero-order chi connectivity index (χ0) is 13.8. The highest BCUT2D eigenvalue weighted by atomic mass is 19.4. The second-order valence-corrected chi connectivity index (χ2v) is 4.76. The van der Waals surface area contributed by atoms with Crippen molar-refractivity contribution in [3.8, 4) is 0 Å². The van der Waals surface area contributed by atoms with Crippen molar-refractivity contribution in [2.24, 2.45) is 12.8 Å². The first-order chi connectivity index (χ1) is 8.10. The maximum atomic E-state index is 13.0. The molecule has 0 atom stereocenters. The van der Waals surface area contributed by atoms with E-state index in [1.54, 1.807) is 0 Å². The van der Waals surface area contributed by atoms with E-state index in [1.807, 2.05) is 0 Å². The Morgan fingerprint density at radius 3 is 2.33 bits per heavy atom. The van der Waals surface area contributed by atoms with Gasteiger partial charge in [0.25, 0.3) is 0 Å². The minimum absolute atomic E-state index is 0.231. The van der Waals surface area contributed by atoms with Crippen molar-refractivity contribution in [3.63, 3.8) is 0 Å². The average molecular weight is 269 g/mol. The number of aromatic nitrogens is 2. The average Bonchev–Trinajstić information content (AvgIpc) is 2.55. The molecule has 0 unspecified atom stereocenters. The molecule has 1 aromatic rings. The maximum Gasteiger partial charge on any atom is 0.435 e. The number of nitrogens with zero attached hydrogens (tertiary/aromatic N) is 2. The van der Waals surface area contributed by atoms with Gasteiger partial charge in [0.2, 0.25) is 5.92 Å². The van der Waals surface area contributed by atoms with Gasteiger partial charge in [-0.2, -0.15) is 18.3 Å². The minimum atomic E-state index is -4.66. The van der Waals surface area contributed by atoms with Crippen molar-refractivity contribution in [1.82, 2.24) is 9.78 Å². The van der Waals surface area contributed by atoms with Gasteiger partial charge in [-0.15, -0.1) is 0 Å². The van der Waals surface area contributed by atoms with Crippen LogP contribution in [0.1, 0.15) is 24.1 Å². The Kier molecular flexibility index (Phi) is 2.69. The van der Waals surface area contributed by atoms with E-state index in [4.69, 9.17) is 5.73 Å². The molecule has 0 radical (unpaired) electrons. The first-order valence-corrected chi connectivity index (χ1v) is 5.29. The van der Waals surface area contributed by atoms with Crippen LogP contribution < -0.4 is 5.73 Å². The molecule has 0 saturated heterocycles. The lowest BCUT2D eigenvalue weighted by atomic mass is 9.62. The Hall–Kier alpha value is -1.18. The third-order valence-corrected chi connectivity index (χ3v) is 3.25. The highest BCUT2D eigenvalue weighted by Crippen LogP contribution is 2.54. The quantitative estimate of drug-likeness (QED) is 0.835. The Morgan fingerprint density at radius 2 is 1.94 bits per heavy atom. The molecule has 102 valence electrons.